The highest BCUT2D eigenvalue weighted by molar-refractivity contribution is 7.93. The molecule has 2 atom stereocenters. The SMILES string of the molecule is COc1cccc(-c2nnc(NS(=O)(=O)[C@H](C)[C@@H](OC)c3cnc(C)cn3)n2-c2c(OC)cccc2OC)n1. The fourth-order valence-electron chi connectivity index (χ4n) is 3.92. The van der Waals surface area contributed by atoms with E-state index in [-0.39, 0.29) is 11.8 Å². The van der Waals surface area contributed by atoms with Crippen molar-refractivity contribution in [1.29, 1.82) is 0 Å². The molecule has 0 bridgehead atoms. The van der Waals surface area contributed by atoms with Crippen molar-refractivity contribution >= 4 is 16.0 Å². The zero-order chi connectivity index (χ0) is 28.2. The monoisotopic (exact) mass is 555 g/mol. The summed E-state index contributed by atoms with van der Waals surface area (Å²) in [4.78, 5) is 13.0. The third kappa shape index (κ3) is 5.61. The molecule has 0 aliphatic rings. The van der Waals surface area contributed by atoms with Crippen molar-refractivity contribution in [1.82, 2.24) is 29.7 Å². The van der Waals surface area contributed by atoms with Crippen molar-refractivity contribution < 1.29 is 27.4 Å². The third-order valence-electron chi connectivity index (χ3n) is 5.95. The predicted octanol–water partition coefficient (Wildman–Crippen LogP) is 2.97. The van der Waals surface area contributed by atoms with Crippen LogP contribution < -0.4 is 18.9 Å². The first-order valence-corrected chi connectivity index (χ1v) is 13.3. The van der Waals surface area contributed by atoms with Crippen LogP contribution in [-0.2, 0) is 14.8 Å². The van der Waals surface area contributed by atoms with Crippen LogP contribution in [0, 0.1) is 6.92 Å². The minimum Gasteiger partial charge on any atom is -0.494 e. The Hall–Kier alpha value is -4.30. The zero-order valence-electron chi connectivity index (χ0n) is 22.3. The first-order chi connectivity index (χ1) is 18.7. The first kappa shape index (κ1) is 27.7. The van der Waals surface area contributed by atoms with Gasteiger partial charge in [-0.15, -0.1) is 10.2 Å². The van der Waals surface area contributed by atoms with Crippen molar-refractivity contribution in [3.63, 3.8) is 0 Å². The van der Waals surface area contributed by atoms with E-state index in [2.05, 4.69) is 29.9 Å². The van der Waals surface area contributed by atoms with Gasteiger partial charge >= 0.3 is 0 Å². The van der Waals surface area contributed by atoms with Crippen LogP contribution in [0.3, 0.4) is 0 Å². The maximum atomic E-state index is 13.7. The molecule has 4 aromatic rings. The minimum atomic E-state index is -4.13. The summed E-state index contributed by atoms with van der Waals surface area (Å²) in [5, 5.41) is 7.35. The number of sulfonamides is 1. The molecule has 0 aliphatic heterocycles. The lowest BCUT2D eigenvalue weighted by Gasteiger charge is -2.23. The number of ether oxygens (including phenoxy) is 4. The molecule has 0 radical (unpaired) electrons. The highest BCUT2D eigenvalue weighted by Gasteiger charge is 2.34. The van der Waals surface area contributed by atoms with Crippen molar-refractivity contribution in [2.24, 2.45) is 0 Å². The molecule has 0 spiro atoms. The van der Waals surface area contributed by atoms with Gasteiger partial charge in [0, 0.05) is 19.4 Å². The van der Waals surface area contributed by atoms with Gasteiger partial charge in [0.1, 0.15) is 34.2 Å². The van der Waals surface area contributed by atoms with Gasteiger partial charge in [0.2, 0.25) is 21.9 Å². The van der Waals surface area contributed by atoms with E-state index in [1.54, 1.807) is 49.5 Å². The molecule has 39 heavy (non-hydrogen) atoms. The van der Waals surface area contributed by atoms with E-state index in [4.69, 9.17) is 18.9 Å². The Morgan fingerprint density at radius 3 is 2.18 bits per heavy atom. The normalized spacial score (nSPS) is 13.0. The van der Waals surface area contributed by atoms with Gasteiger partial charge in [-0.25, -0.2) is 13.4 Å². The molecule has 0 aliphatic carbocycles. The number of nitrogens with zero attached hydrogens (tertiary/aromatic N) is 6. The molecule has 0 amide bonds. The van der Waals surface area contributed by atoms with Crippen molar-refractivity contribution in [2.45, 2.75) is 25.2 Å². The number of methoxy groups -OCH3 is 4. The zero-order valence-corrected chi connectivity index (χ0v) is 23.1. The van der Waals surface area contributed by atoms with Crippen LogP contribution in [0.4, 0.5) is 5.95 Å². The summed E-state index contributed by atoms with van der Waals surface area (Å²) in [6.45, 7) is 3.29. The summed E-state index contributed by atoms with van der Waals surface area (Å²) < 4.78 is 53.3. The number of hydrogen-bond acceptors (Lipinski definition) is 11. The van der Waals surface area contributed by atoms with Gasteiger partial charge in [-0.05, 0) is 32.0 Å². The first-order valence-electron chi connectivity index (χ1n) is 11.7. The highest BCUT2D eigenvalue weighted by Crippen LogP contribution is 2.38. The summed E-state index contributed by atoms with van der Waals surface area (Å²) in [6, 6.07) is 10.3. The van der Waals surface area contributed by atoms with Crippen LogP contribution in [0.15, 0.2) is 48.8 Å². The predicted molar refractivity (Wildman–Crippen MR) is 143 cm³/mol. The van der Waals surface area contributed by atoms with Gasteiger partial charge in [-0.3, -0.25) is 19.3 Å². The summed E-state index contributed by atoms with van der Waals surface area (Å²) >= 11 is 0. The van der Waals surface area contributed by atoms with E-state index in [0.29, 0.717) is 40.1 Å². The molecule has 0 saturated heterocycles. The topological polar surface area (TPSA) is 152 Å². The van der Waals surface area contributed by atoms with Gasteiger partial charge in [-0.2, -0.15) is 0 Å². The fraction of sp³-hybridized carbons (Fsp3) is 0.320. The Morgan fingerprint density at radius 2 is 1.59 bits per heavy atom. The van der Waals surface area contributed by atoms with E-state index in [1.165, 1.54) is 46.1 Å². The third-order valence-corrected chi connectivity index (χ3v) is 7.64. The van der Waals surface area contributed by atoms with Crippen molar-refractivity contribution in [2.75, 3.05) is 33.2 Å². The molecule has 206 valence electrons. The number of aryl methyl sites for hydroxylation is 1. The number of rotatable bonds is 11. The van der Waals surface area contributed by atoms with Crippen LogP contribution >= 0.6 is 0 Å². The van der Waals surface area contributed by atoms with E-state index in [1.807, 2.05) is 0 Å². The molecule has 3 heterocycles. The fourth-order valence-corrected chi connectivity index (χ4v) is 5.07. The summed E-state index contributed by atoms with van der Waals surface area (Å²) in [7, 11) is 1.75. The summed E-state index contributed by atoms with van der Waals surface area (Å²) in [5.41, 5.74) is 1.80. The maximum absolute atomic E-state index is 13.7. The molecule has 3 aromatic heterocycles. The van der Waals surface area contributed by atoms with Crippen LogP contribution in [-0.4, -0.2) is 71.8 Å². The lowest BCUT2D eigenvalue weighted by Crippen LogP contribution is -2.33. The van der Waals surface area contributed by atoms with Crippen LogP contribution in [0.1, 0.15) is 24.4 Å². The Morgan fingerprint density at radius 1 is 0.897 bits per heavy atom. The minimum absolute atomic E-state index is 0.117. The smallest absolute Gasteiger partial charge is 0.243 e. The van der Waals surface area contributed by atoms with Crippen LogP contribution in [0.2, 0.25) is 0 Å². The summed E-state index contributed by atoms with van der Waals surface area (Å²) in [5.74, 6) is 1.21. The number of para-hydroxylation sites is 1. The molecule has 1 N–H and O–H groups in total. The van der Waals surface area contributed by atoms with Crippen molar-refractivity contribution in [3.8, 4) is 34.6 Å². The van der Waals surface area contributed by atoms with E-state index in [9.17, 15) is 8.42 Å². The summed E-state index contributed by atoms with van der Waals surface area (Å²) in [6.07, 6.45) is 2.13. The number of hydrogen-bond donors (Lipinski definition) is 1. The second kappa shape index (κ2) is 11.6. The molecule has 13 nitrogen and oxygen atoms in total. The number of anilines is 1. The number of nitrogens with one attached hydrogen (secondary N) is 1. The number of benzene rings is 1. The highest BCUT2D eigenvalue weighted by atomic mass is 32.2. The lowest BCUT2D eigenvalue weighted by atomic mass is 10.2. The van der Waals surface area contributed by atoms with Gasteiger partial charge in [-0.1, -0.05) is 12.1 Å². The number of pyridine rings is 1. The van der Waals surface area contributed by atoms with E-state index in [0.717, 1.165) is 0 Å². The molecular formula is C25H29N7O6S. The molecular weight excluding hydrogens is 526 g/mol. The molecule has 0 unspecified atom stereocenters. The average Bonchev–Trinajstić information content (AvgIpc) is 3.35. The number of aromatic nitrogens is 6. The standard InChI is InChI=1S/C25H29N7O6S/c1-15-13-27-18(14-26-15)23(38-6)16(2)39(33,34)31-25-30-29-24(17-9-7-12-21(28-17)37-5)32(25)22-19(35-3)10-8-11-20(22)36-4/h7-14,16,23H,1-6H3,(H,30,31)/t16-,23-/m1/s1. The Labute approximate surface area is 226 Å². The molecule has 14 heteroatoms. The Bertz CT molecular complexity index is 1520. The Balaban J connectivity index is 1.85. The quantitative estimate of drug-likeness (QED) is 0.291. The molecule has 0 saturated carbocycles. The second-order valence-electron chi connectivity index (χ2n) is 8.35. The molecule has 0 fully saturated rings. The van der Waals surface area contributed by atoms with Gasteiger partial charge in [0.05, 0.1) is 38.9 Å². The van der Waals surface area contributed by atoms with E-state index < -0.39 is 21.4 Å². The largest absolute Gasteiger partial charge is 0.494 e. The van der Waals surface area contributed by atoms with Gasteiger partial charge < -0.3 is 18.9 Å². The molecule has 1 aromatic carbocycles. The van der Waals surface area contributed by atoms with Gasteiger partial charge in [0.25, 0.3) is 0 Å². The van der Waals surface area contributed by atoms with Crippen LogP contribution in [0.5, 0.6) is 17.4 Å². The average molecular weight is 556 g/mol. The lowest BCUT2D eigenvalue weighted by molar-refractivity contribution is 0.0985. The second-order valence-corrected chi connectivity index (χ2v) is 10.4. The maximum Gasteiger partial charge on any atom is 0.243 e. The van der Waals surface area contributed by atoms with E-state index >= 15 is 0 Å². The van der Waals surface area contributed by atoms with Gasteiger partial charge in [0.15, 0.2) is 5.82 Å². The molecule has 4 rings (SSSR count). The van der Waals surface area contributed by atoms with Crippen molar-refractivity contribution in [3.05, 3.63) is 60.2 Å². The van der Waals surface area contributed by atoms with Crippen LogP contribution in [0.25, 0.3) is 17.2 Å². The Kier molecular flexibility index (Phi) is 8.26.